The van der Waals surface area contributed by atoms with E-state index in [1.807, 2.05) is 217 Å². The third kappa shape index (κ3) is 19.9. The Morgan fingerprint density at radius 1 is 0.214 bits per heavy atom. The SMILES string of the molecule is Cc1cc(-c2ccccn2)nc(C)n1.Cc1cc(-c2cccnc2)nc(C)n1.Cc1cc(-c2ccncc2)nc(C)n1.Cc1cc(C)nc(-c2ccccc2)n1.Cc1cc(C)nc(-c2cccnc2)n1.Cc1cc(C)nc(-c2ccncc2)n1. The number of rotatable bonds is 6. The number of hydrogen-bond donors (Lipinski definition) is 0. The van der Waals surface area contributed by atoms with Crippen molar-refractivity contribution in [1.82, 2.24) is 84.7 Å². The standard InChI is InChI=1S/C12H12N2.5C11H11N3/c1-9-8-10(2)14-12(13-9)11-6-4-3-5-7-11;1-8-7-11(14-9(2)13-8)10-3-5-12-6-4-10;1-8-7-9(2)14-11(13-8)10-3-5-12-6-4-10;1-8-6-11(14-9(2)13-8)10-4-3-5-12-7-10;1-8-6-9(2)14-11(13-8)10-4-3-5-12-7-10;1-8-7-11(14-9(2)13-8)10-5-3-4-6-12-10/h3-8H,1-2H3;5*3-7H,1-2H3. The van der Waals surface area contributed by atoms with Gasteiger partial charge >= 0.3 is 0 Å². The van der Waals surface area contributed by atoms with Gasteiger partial charge in [0.05, 0.1) is 22.8 Å². The van der Waals surface area contributed by atoms with Gasteiger partial charge in [0, 0.05) is 135 Å². The highest BCUT2D eigenvalue weighted by atomic mass is 14.9. The molecule has 12 rings (SSSR count). The van der Waals surface area contributed by atoms with E-state index >= 15 is 0 Å². The summed E-state index contributed by atoms with van der Waals surface area (Å²) in [6, 6.07) is 43.1. The Labute approximate surface area is 491 Å². The van der Waals surface area contributed by atoms with Crippen molar-refractivity contribution < 1.29 is 0 Å². The summed E-state index contributed by atoms with van der Waals surface area (Å²) in [6.45, 7) is 23.4. The molecule has 17 nitrogen and oxygen atoms in total. The van der Waals surface area contributed by atoms with Gasteiger partial charge in [-0.15, -0.1) is 0 Å². The van der Waals surface area contributed by atoms with Gasteiger partial charge < -0.3 is 0 Å². The molecule has 0 fully saturated rings. The van der Waals surface area contributed by atoms with Gasteiger partial charge in [-0.25, -0.2) is 59.8 Å². The normalized spacial score (nSPS) is 10.1. The predicted octanol–water partition coefficient (Wildman–Crippen LogP) is 13.5. The number of pyridine rings is 5. The molecule has 0 aliphatic rings. The Kier molecular flexibility index (Phi) is 22.4. The molecule has 0 saturated heterocycles. The molecule has 0 bridgehead atoms. The van der Waals surface area contributed by atoms with Crippen molar-refractivity contribution in [3.8, 4) is 68.1 Å². The lowest BCUT2D eigenvalue weighted by atomic mass is 10.2. The Bertz CT molecular complexity index is 3180. The average Bonchev–Trinajstić information content (AvgIpc) is 3.49. The molecule has 11 heterocycles. The number of benzene rings is 1. The first-order valence-electron chi connectivity index (χ1n) is 27.1. The molecule has 0 N–H and O–H groups in total. The van der Waals surface area contributed by atoms with E-state index in [9.17, 15) is 0 Å². The molecule has 0 saturated carbocycles. The van der Waals surface area contributed by atoms with Crippen LogP contribution >= 0.6 is 0 Å². The molecule has 0 aliphatic carbocycles. The lowest BCUT2D eigenvalue weighted by Crippen LogP contribution is -1.94. The monoisotopic (exact) mass is 1110 g/mol. The molecule has 420 valence electrons. The summed E-state index contributed by atoms with van der Waals surface area (Å²) in [5.74, 6) is 4.70. The fourth-order valence-electron chi connectivity index (χ4n) is 8.28. The Morgan fingerprint density at radius 2 is 0.560 bits per heavy atom. The van der Waals surface area contributed by atoms with Crippen molar-refractivity contribution in [3.63, 3.8) is 0 Å². The van der Waals surface area contributed by atoms with E-state index in [1.165, 1.54) is 0 Å². The van der Waals surface area contributed by atoms with Gasteiger partial charge in [0.1, 0.15) is 17.5 Å². The number of aryl methyl sites for hydroxylation is 12. The van der Waals surface area contributed by atoms with Crippen molar-refractivity contribution in [2.45, 2.75) is 83.1 Å². The number of hydrogen-bond acceptors (Lipinski definition) is 17. The van der Waals surface area contributed by atoms with E-state index in [4.69, 9.17) is 0 Å². The third-order valence-electron chi connectivity index (χ3n) is 11.6. The van der Waals surface area contributed by atoms with E-state index in [1.54, 1.807) is 55.8 Å². The van der Waals surface area contributed by atoms with E-state index < -0.39 is 0 Å². The van der Waals surface area contributed by atoms with Crippen LogP contribution in [0.25, 0.3) is 68.1 Å². The molecule has 84 heavy (non-hydrogen) atoms. The zero-order valence-electron chi connectivity index (χ0n) is 49.5. The summed E-state index contributed by atoms with van der Waals surface area (Å²) < 4.78 is 0. The highest BCUT2D eigenvalue weighted by molar-refractivity contribution is 5.60. The first kappa shape index (κ1) is 61.1. The van der Waals surface area contributed by atoms with Gasteiger partial charge in [-0.1, -0.05) is 36.4 Å². The van der Waals surface area contributed by atoms with Gasteiger partial charge in [-0.05, 0) is 180 Å². The molecule has 11 aromatic heterocycles. The van der Waals surface area contributed by atoms with E-state index in [0.717, 1.165) is 137 Å². The summed E-state index contributed by atoms with van der Waals surface area (Å²) in [4.78, 5) is 72.2. The fraction of sp³-hybridized carbons (Fsp3) is 0.179. The van der Waals surface area contributed by atoms with Crippen LogP contribution in [0.15, 0.2) is 189 Å². The van der Waals surface area contributed by atoms with Crippen LogP contribution in [-0.2, 0) is 0 Å². The molecule has 0 aliphatic heterocycles. The summed E-state index contributed by atoms with van der Waals surface area (Å²) in [7, 11) is 0. The largest absolute Gasteiger partial charge is 0.265 e. The molecule has 0 amide bonds. The summed E-state index contributed by atoms with van der Waals surface area (Å²) in [5.41, 5.74) is 17.7. The minimum absolute atomic E-state index is 0.746. The lowest BCUT2D eigenvalue weighted by molar-refractivity contribution is 1.01. The maximum atomic E-state index is 4.39. The molecule has 0 unspecified atom stereocenters. The van der Waals surface area contributed by atoms with Crippen molar-refractivity contribution in [2.24, 2.45) is 0 Å². The molecule has 0 radical (unpaired) electrons. The highest BCUT2D eigenvalue weighted by Gasteiger charge is 2.07. The lowest BCUT2D eigenvalue weighted by Gasteiger charge is -2.02. The smallest absolute Gasteiger partial charge is 0.161 e. The number of aromatic nitrogens is 17. The van der Waals surface area contributed by atoms with Crippen LogP contribution in [0.4, 0.5) is 0 Å². The first-order chi connectivity index (χ1) is 40.5. The van der Waals surface area contributed by atoms with Gasteiger partial charge in [0.25, 0.3) is 0 Å². The van der Waals surface area contributed by atoms with Crippen LogP contribution in [0, 0.1) is 83.1 Å². The van der Waals surface area contributed by atoms with Crippen molar-refractivity contribution in [1.29, 1.82) is 0 Å². The zero-order chi connectivity index (χ0) is 59.8. The van der Waals surface area contributed by atoms with Gasteiger partial charge in [-0.2, -0.15) is 0 Å². The van der Waals surface area contributed by atoms with Crippen molar-refractivity contribution in [2.75, 3.05) is 0 Å². The van der Waals surface area contributed by atoms with E-state index in [2.05, 4.69) is 84.7 Å². The van der Waals surface area contributed by atoms with Crippen LogP contribution in [0.1, 0.15) is 68.7 Å². The zero-order valence-corrected chi connectivity index (χ0v) is 49.5. The highest BCUT2D eigenvalue weighted by Crippen LogP contribution is 2.20. The Morgan fingerprint density at radius 3 is 0.964 bits per heavy atom. The first-order valence-corrected chi connectivity index (χ1v) is 27.1. The molecule has 12 aromatic rings. The summed E-state index contributed by atoms with van der Waals surface area (Å²) in [6.07, 6.45) is 15.9. The molecule has 0 atom stereocenters. The average molecular weight is 1110 g/mol. The topological polar surface area (TPSA) is 219 Å². The fourth-order valence-corrected chi connectivity index (χ4v) is 8.28. The summed E-state index contributed by atoms with van der Waals surface area (Å²) in [5, 5.41) is 0. The van der Waals surface area contributed by atoms with E-state index in [0.29, 0.717) is 0 Å². The predicted molar refractivity (Wildman–Crippen MR) is 331 cm³/mol. The second-order valence-electron chi connectivity index (χ2n) is 19.3. The maximum absolute atomic E-state index is 4.39. The van der Waals surface area contributed by atoms with Crippen LogP contribution in [-0.4, -0.2) is 84.7 Å². The summed E-state index contributed by atoms with van der Waals surface area (Å²) >= 11 is 0. The van der Waals surface area contributed by atoms with Crippen LogP contribution in [0.3, 0.4) is 0 Å². The second kappa shape index (κ2) is 30.9. The van der Waals surface area contributed by atoms with E-state index in [-0.39, 0.29) is 0 Å². The Hall–Kier alpha value is -10.6. The Balaban J connectivity index is 0.000000145. The molecule has 0 spiro atoms. The third-order valence-corrected chi connectivity index (χ3v) is 11.6. The molecule has 17 heteroatoms. The molecular formula is C67H67N17. The van der Waals surface area contributed by atoms with Crippen molar-refractivity contribution >= 4 is 0 Å². The maximum Gasteiger partial charge on any atom is 0.161 e. The van der Waals surface area contributed by atoms with Gasteiger partial charge in [0.2, 0.25) is 0 Å². The van der Waals surface area contributed by atoms with Gasteiger partial charge in [0.15, 0.2) is 17.5 Å². The number of nitrogens with zero attached hydrogens (tertiary/aromatic N) is 17. The van der Waals surface area contributed by atoms with Crippen molar-refractivity contribution in [3.05, 3.63) is 258 Å². The second-order valence-corrected chi connectivity index (χ2v) is 19.3. The van der Waals surface area contributed by atoms with Crippen LogP contribution in [0.2, 0.25) is 0 Å². The molecule has 1 aromatic carbocycles. The molecular weight excluding hydrogens is 1040 g/mol. The van der Waals surface area contributed by atoms with Crippen LogP contribution in [0.5, 0.6) is 0 Å². The quantitative estimate of drug-likeness (QED) is 0.151. The minimum atomic E-state index is 0.746. The van der Waals surface area contributed by atoms with Crippen LogP contribution < -0.4 is 0 Å². The van der Waals surface area contributed by atoms with Gasteiger partial charge in [-0.3, -0.25) is 24.9 Å². The minimum Gasteiger partial charge on any atom is -0.265 e.